The molecule has 142 valence electrons. The number of rotatable bonds is 6. The number of thioether (sulfide) groups is 1. The van der Waals surface area contributed by atoms with Crippen molar-refractivity contribution in [2.45, 2.75) is 17.8 Å². The number of thiazole rings is 1. The number of aryl methyl sites for hydroxylation is 1. The summed E-state index contributed by atoms with van der Waals surface area (Å²) in [6.45, 7) is 2.08. The van der Waals surface area contributed by atoms with Gasteiger partial charge in [-0.1, -0.05) is 53.7 Å². The molecule has 2 aromatic heterocycles. The largest absolute Gasteiger partial charge is 0.497 e. The van der Waals surface area contributed by atoms with Crippen LogP contribution >= 0.6 is 23.1 Å². The molecule has 0 aliphatic rings. The minimum atomic E-state index is 0.750. The lowest BCUT2D eigenvalue weighted by molar-refractivity contribution is 0.415. The lowest BCUT2D eigenvalue weighted by Gasteiger charge is -2.04. The summed E-state index contributed by atoms with van der Waals surface area (Å²) in [5.74, 6) is 2.46. The SMILES string of the molecule is COc1cccc(-c2nc(CSc3nnc(-c4ccc(C)cc4)n3C)cs2)c1. The highest BCUT2D eigenvalue weighted by atomic mass is 32.2. The molecule has 0 N–H and O–H groups in total. The van der Waals surface area contributed by atoms with E-state index in [9.17, 15) is 0 Å². The maximum atomic E-state index is 5.30. The van der Waals surface area contributed by atoms with Gasteiger partial charge in [0, 0.05) is 29.3 Å². The molecule has 5 nitrogen and oxygen atoms in total. The molecule has 2 aromatic carbocycles. The fourth-order valence-corrected chi connectivity index (χ4v) is 4.52. The Morgan fingerprint density at radius 2 is 1.89 bits per heavy atom. The van der Waals surface area contributed by atoms with E-state index < -0.39 is 0 Å². The molecule has 0 fully saturated rings. The van der Waals surface area contributed by atoms with Crippen LogP contribution in [0.4, 0.5) is 0 Å². The zero-order valence-corrected chi connectivity index (χ0v) is 17.5. The van der Waals surface area contributed by atoms with Gasteiger partial charge in [-0.25, -0.2) is 4.98 Å². The van der Waals surface area contributed by atoms with Crippen LogP contribution in [0.5, 0.6) is 5.75 Å². The minimum Gasteiger partial charge on any atom is -0.497 e. The van der Waals surface area contributed by atoms with Crippen molar-refractivity contribution < 1.29 is 4.74 Å². The smallest absolute Gasteiger partial charge is 0.191 e. The van der Waals surface area contributed by atoms with Crippen molar-refractivity contribution in [1.29, 1.82) is 0 Å². The van der Waals surface area contributed by atoms with Gasteiger partial charge in [0.2, 0.25) is 0 Å². The van der Waals surface area contributed by atoms with Gasteiger partial charge in [0.05, 0.1) is 12.8 Å². The fraction of sp³-hybridized carbons (Fsp3) is 0.190. The molecule has 28 heavy (non-hydrogen) atoms. The summed E-state index contributed by atoms with van der Waals surface area (Å²) >= 11 is 3.29. The highest BCUT2D eigenvalue weighted by Crippen LogP contribution is 2.30. The van der Waals surface area contributed by atoms with Gasteiger partial charge in [0.1, 0.15) is 10.8 Å². The second-order valence-electron chi connectivity index (χ2n) is 6.40. The van der Waals surface area contributed by atoms with Gasteiger partial charge in [-0.15, -0.1) is 21.5 Å². The van der Waals surface area contributed by atoms with E-state index in [0.717, 1.165) is 44.3 Å². The van der Waals surface area contributed by atoms with E-state index in [2.05, 4.69) is 52.8 Å². The molecule has 4 rings (SSSR count). The molecule has 0 atom stereocenters. The lowest BCUT2D eigenvalue weighted by atomic mass is 10.1. The predicted molar refractivity (Wildman–Crippen MR) is 115 cm³/mol. The summed E-state index contributed by atoms with van der Waals surface area (Å²) in [5.41, 5.74) is 4.41. The average molecular weight is 409 g/mol. The maximum Gasteiger partial charge on any atom is 0.191 e. The number of methoxy groups -OCH3 is 1. The summed E-state index contributed by atoms with van der Waals surface area (Å²) in [5, 5.41) is 12.7. The van der Waals surface area contributed by atoms with Crippen LogP contribution in [0.15, 0.2) is 59.1 Å². The van der Waals surface area contributed by atoms with E-state index in [0.29, 0.717) is 0 Å². The van der Waals surface area contributed by atoms with E-state index in [-0.39, 0.29) is 0 Å². The van der Waals surface area contributed by atoms with Crippen molar-refractivity contribution >= 4 is 23.1 Å². The van der Waals surface area contributed by atoms with E-state index in [1.165, 1.54) is 5.56 Å². The van der Waals surface area contributed by atoms with Gasteiger partial charge in [0.25, 0.3) is 0 Å². The minimum absolute atomic E-state index is 0.750. The molecule has 0 aliphatic carbocycles. The molecule has 0 saturated heterocycles. The zero-order valence-electron chi connectivity index (χ0n) is 15.9. The van der Waals surface area contributed by atoms with Crippen LogP contribution in [0.25, 0.3) is 22.0 Å². The topological polar surface area (TPSA) is 52.8 Å². The molecule has 0 saturated carbocycles. The maximum absolute atomic E-state index is 5.30. The van der Waals surface area contributed by atoms with Crippen molar-refractivity contribution in [2.75, 3.05) is 7.11 Å². The third-order valence-electron chi connectivity index (χ3n) is 4.36. The summed E-state index contributed by atoms with van der Waals surface area (Å²) in [7, 11) is 3.68. The first-order valence-electron chi connectivity index (χ1n) is 8.82. The Hall–Kier alpha value is -2.64. The highest BCUT2D eigenvalue weighted by Gasteiger charge is 2.13. The molecule has 0 unspecified atom stereocenters. The van der Waals surface area contributed by atoms with Crippen LogP contribution in [0, 0.1) is 6.92 Å². The molecule has 0 radical (unpaired) electrons. The third kappa shape index (κ3) is 3.95. The molecule has 0 aliphatic heterocycles. The van der Waals surface area contributed by atoms with Gasteiger partial charge < -0.3 is 9.30 Å². The number of hydrogen-bond acceptors (Lipinski definition) is 6. The Kier molecular flexibility index (Phi) is 5.45. The third-order valence-corrected chi connectivity index (χ3v) is 6.36. The monoisotopic (exact) mass is 408 g/mol. The van der Waals surface area contributed by atoms with Crippen molar-refractivity contribution in [3.63, 3.8) is 0 Å². The Labute approximate surface area is 172 Å². The van der Waals surface area contributed by atoms with Crippen LogP contribution in [-0.4, -0.2) is 26.9 Å². The van der Waals surface area contributed by atoms with Crippen molar-refractivity contribution in [1.82, 2.24) is 19.7 Å². The first-order valence-corrected chi connectivity index (χ1v) is 10.7. The van der Waals surface area contributed by atoms with E-state index in [4.69, 9.17) is 9.72 Å². The summed E-state index contributed by atoms with van der Waals surface area (Å²) in [4.78, 5) is 4.76. The van der Waals surface area contributed by atoms with Gasteiger partial charge in [0.15, 0.2) is 11.0 Å². The summed E-state index contributed by atoms with van der Waals surface area (Å²) in [6, 6.07) is 16.3. The molecule has 0 spiro atoms. The Morgan fingerprint density at radius 3 is 2.68 bits per heavy atom. The standard InChI is InChI=1S/C21H20N4OS2/c1-14-7-9-15(10-8-14)19-23-24-21(25(19)2)28-13-17-12-27-20(22-17)16-5-4-6-18(11-16)26-3/h4-12H,13H2,1-3H3. The van der Waals surface area contributed by atoms with Gasteiger partial charge in [-0.05, 0) is 19.1 Å². The molecular weight excluding hydrogens is 388 g/mol. The molecule has 2 heterocycles. The Bertz CT molecular complexity index is 1090. The predicted octanol–water partition coefficient (Wildman–Crippen LogP) is 5.21. The second kappa shape index (κ2) is 8.16. The first kappa shape index (κ1) is 18.7. The van der Waals surface area contributed by atoms with Crippen molar-refractivity contribution in [3.05, 3.63) is 65.2 Å². The number of benzene rings is 2. The number of nitrogens with zero attached hydrogens (tertiary/aromatic N) is 4. The van der Waals surface area contributed by atoms with Crippen LogP contribution < -0.4 is 4.74 Å². The Balaban J connectivity index is 1.47. The number of ether oxygens (including phenoxy) is 1. The van der Waals surface area contributed by atoms with E-state index in [1.807, 2.05) is 29.8 Å². The first-order chi connectivity index (χ1) is 13.6. The van der Waals surface area contributed by atoms with Crippen molar-refractivity contribution in [3.8, 4) is 27.7 Å². The lowest BCUT2D eigenvalue weighted by Crippen LogP contribution is -1.95. The average Bonchev–Trinajstić information content (AvgIpc) is 3.34. The highest BCUT2D eigenvalue weighted by molar-refractivity contribution is 7.98. The summed E-state index contributed by atoms with van der Waals surface area (Å²) < 4.78 is 7.33. The fourth-order valence-electron chi connectivity index (χ4n) is 2.80. The Morgan fingerprint density at radius 1 is 1.07 bits per heavy atom. The quantitative estimate of drug-likeness (QED) is 0.410. The van der Waals surface area contributed by atoms with Crippen LogP contribution in [0.1, 0.15) is 11.3 Å². The molecule has 0 bridgehead atoms. The van der Waals surface area contributed by atoms with Crippen LogP contribution in [0.2, 0.25) is 0 Å². The second-order valence-corrected chi connectivity index (χ2v) is 8.20. The normalized spacial score (nSPS) is 11.0. The number of aromatic nitrogens is 4. The van der Waals surface area contributed by atoms with Crippen molar-refractivity contribution in [2.24, 2.45) is 7.05 Å². The molecule has 0 amide bonds. The van der Waals surface area contributed by atoms with Crippen LogP contribution in [-0.2, 0) is 12.8 Å². The van der Waals surface area contributed by atoms with Gasteiger partial charge >= 0.3 is 0 Å². The molecular formula is C21H20N4OS2. The molecule has 4 aromatic rings. The van der Waals surface area contributed by atoms with Crippen LogP contribution in [0.3, 0.4) is 0 Å². The van der Waals surface area contributed by atoms with Gasteiger partial charge in [-0.3, -0.25) is 0 Å². The zero-order chi connectivity index (χ0) is 19.5. The van der Waals surface area contributed by atoms with E-state index in [1.54, 1.807) is 30.2 Å². The van der Waals surface area contributed by atoms with E-state index >= 15 is 0 Å². The van der Waals surface area contributed by atoms with Gasteiger partial charge in [-0.2, -0.15) is 0 Å². The number of hydrogen-bond donors (Lipinski definition) is 0. The summed E-state index contributed by atoms with van der Waals surface area (Å²) in [6.07, 6.45) is 0. The molecule has 7 heteroatoms.